The molecule has 0 unspecified atom stereocenters. The first-order valence-corrected chi connectivity index (χ1v) is 7.87. The molecule has 5 nitrogen and oxygen atoms in total. The van der Waals surface area contributed by atoms with Crippen LogP contribution in [0, 0.1) is 12.7 Å². The van der Waals surface area contributed by atoms with Gasteiger partial charge in [0.25, 0.3) is 10.0 Å². The van der Waals surface area contributed by atoms with Crippen molar-refractivity contribution in [2.75, 3.05) is 18.9 Å². The Bertz CT molecular complexity index is 790. The fourth-order valence-electron chi connectivity index (χ4n) is 2.00. The molecule has 22 heavy (non-hydrogen) atoms. The van der Waals surface area contributed by atoms with Crippen LogP contribution in [0.4, 0.5) is 10.1 Å². The summed E-state index contributed by atoms with van der Waals surface area (Å²) in [6.45, 7) is 1.62. The van der Waals surface area contributed by atoms with Gasteiger partial charge in [0.15, 0.2) is 11.5 Å². The third-order valence-corrected chi connectivity index (χ3v) is 4.60. The van der Waals surface area contributed by atoms with Crippen LogP contribution in [0.2, 0.25) is 0 Å². The zero-order chi connectivity index (χ0) is 16.3. The molecule has 0 saturated heterocycles. The van der Waals surface area contributed by atoms with Gasteiger partial charge in [-0.25, -0.2) is 12.8 Å². The van der Waals surface area contributed by atoms with Crippen LogP contribution in [0.15, 0.2) is 41.3 Å². The number of rotatable bonds is 5. The third-order valence-electron chi connectivity index (χ3n) is 3.09. The molecule has 2 rings (SSSR count). The molecule has 0 aliphatic rings. The van der Waals surface area contributed by atoms with Crippen LogP contribution in [0.25, 0.3) is 0 Å². The summed E-state index contributed by atoms with van der Waals surface area (Å²) in [6.07, 6.45) is 0. The maximum Gasteiger partial charge on any atom is 0.262 e. The SMILES string of the molecule is COc1cc(C)c(S(=O)(=O)Nc2ccccc2F)cc1OC. The van der Waals surface area contributed by atoms with Gasteiger partial charge < -0.3 is 9.47 Å². The van der Waals surface area contributed by atoms with Crippen LogP contribution >= 0.6 is 0 Å². The van der Waals surface area contributed by atoms with E-state index < -0.39 is 15.8 Å². The fraction of sp³-hybridized carbons (Fsp3) is 0.200. The van der Waals surface area contributed by atoms with Crippen molar-refractivity contribution in [2.45, 2.75) is 11.8 Å². The summed E-state index contributed by atoms with van der Waals surface area (Å²) < 4.78 is 51.0. The highest BCUT2D eigenvalue weighted by molar-refractivity contribution is 7.92. The first kappa shape index (κ1) is 16.1. The maximum absolute atomic E-state index is 13.6. The van der Waals surface area contributed by atoms with Gasteiger partial charge in [0.2, 0.25) is 0 Å². The Kier molecular flexibility index (Phi) is 4.56. The number of hydrogen-bond acceptors (Lipinski definition) is 4. The summed E-state index contributed by atoms with van der Waals surface area (Å²) >= 11 is 0. The smallest absolute Gasteiger partial charge is 0.262 e. The molecular weight excluding hydrogens is 309 g/mol. The molecule has 0 radical (unpaired) electrons. The average molecular weight is 325 g/mol. The van der Waals surface area contributed by atoms with Crippen LogP contribution in [-0.2, 0) is 10.0 Å². The summed E-state index contributed by atoms with van der Waals surface area (Å²) in [4.78, 5) is -0.00611. The molecule has 0 atom stereocenters. The molecule has 0 aliphatic heterocycles. The van der Waals surface area contributed by atoms with Gasteiger partial charge in [0.1, 0.15) is 5.82 Å². The highest BCUT2D eigenvalue weighted by atomic mass is 32.2. The van der Waals surface area contributed by atoms with Gasteiger partial charge in [-0.05, 0) is 30.7 Å². The lowest BCUT2D eigenvalue weighted by molar-refractivity contribution is 0.353. The molecule has 118 valence electrons. The van der Waals surface area contributed by atoms with E-state index in [0.717, 1.165) is 0 Å². The largest absolute Gasteiger partial charge is 0.493 e. The molecule has 0 fully saturated rings. The number of ether oxygens (including phenoxy) is 2. The van der Waals surface area contributed by atoms with Crippen molar-refractivity contribution in [3.63, 3.8) is 0 Å². The topological polar surface area (TPSA) is 64.6 Å². The van der Waals surface area contributed by atoms with Crippen LogP contribution in [0.5, 0.6) is 11.5 Å². The molecule has 2 aromatic rings. The molecule has 0 aromatic heterocycles. The second kappa shape index (κ2) is 6.23. The van der Waals surface area contributed by atoms with E-state index in [4.69, 9.17) is 9.47 Å². The number of para-hydroxylation sites is 1. The first-order valence-electron chi connectivity index (χ1n) is 6.39. The molecule has 0 amide bonds. The Hall–Kier alpha value is -2.28. The zero-order valence-corrected chi connectivity index (χ0v) is 13.2. The summed E-state index contributed by atoms with van der Waals surface area (Å²) in [5.41, 5.74) is 0.346. The molecule has 0 spiro atoms. The molecule has 0 bridgehead atoms. The van der Waals surface area contributed by atoms with E-state index in [1.807, 2.05) is 0 Å². The zero-order valence-electron chi connectivity index (χ0n) is 12.4. The van der Waals surface area contributed by atoms with Crippen molar-refractivity contribution >= 4 is 15.7 Å². The number of halogens is 1. The highest BCUT2D eigenvalue weighted by Crippen LogP contribution is 2.33. The maximum atomic E-state index is 13.6. The average Bonchev–Trinajstić information content (AvgIpc) is 2.48. The second-order valence-electron chi connectivity index (χ2n) is 4.56. The number of methoxy groups -OCH3 is 2. The van der Waals surface area contributed by atoms with Gasteiger partial charge in [-0.15, -0.1) is 0 Å². The number of benzene rings is 2. The van der Waals surface area contributed by atoms with Gasteiger partial charge >= 0.3 is 0 Å². The number of anilines is 1. The van der Waals surface area contributed by atoms with Crippen molar-refractivity contribution in [1.29, 1.82) is 0 Å². The van der Waals surface area contributed by atoms with Gasteiger partial charge in [-0.2, -0.15) is 0 Å². The lowest BCUT2D eigenvalue weighted by Gasteiger charge is -2.14. The van der Waals surface area contributed by atoms with E-state index in [1.54, 1.807) is 19.1 Å². The Morgan fingerprint density at radius 1 is 1.05 bits per heavy atom. The fourth-order valence-corrected chi connectivity index (χ4v) is 3.31. The van der Waals surface area contributed by atoms with Crippen molar-refractivity contribution in [3.8, 4) is 11.5 Å². The summed E-state index contributed by atoms with van der Waals surface area (Å²) in [7, 11) is -1.08. The highest BCUT2D eigenvalue weighted by Gasteiger charge is 2.21. The summed E-state index contributed by atoms with van der Waals surface area (Å²) in [5, 5.41) is 0. The first-order chi connectivity index (χ1) is 10.4. The molecule has 2 aromatic carbocycles. The van der Waals surface area contributed by atoms with Crippen LogP contribution in [-0.4, -0.2) is 22.6 Å². The van der Waals surface area contributed by atoms with Crippen LogP contribution < -0.4 is 14.2 Å². The molecule has 1 N–H and O–H groups in total. The van der Waals surface area contributed by atoms with E-state index >= 15 is 0 Å². The quantitative estimate of drug-likeness (QED) is 0.918. The van der Waals surface area contributed by atoms with Gasteiger partial charge in [0, 0.05) is 6.07 Å². The van der Waals surface area contributed by atoms with E-state index in [2.05, 4.69) is 4.72 Å². The van der Waals surface area contributed by atoms with Gasteiger partial charge in [-0.1, -0.05) is 12.1 Å². The Balaban J connectivity index is 2.48. The molecular formula is C15H16FNO4S. The second-order valence-corrected chi connectivity index (χ2v) is 6.21. The van der Waals surface area contributed by atoms with E-state index in [1.165, 1.54) is 38.5 Å². The van der Waals surface area contributed by atoms with Crippen LogP contribution in [0.3, 0.4) is 0 Å². The van der Waals surface area contributed by atoms with Gasteiger partial charge in [-0.3, -0.25) is 4.72 Å². The van der Waals surface area contributed by atoms with E-state index in [-0.39, 0.29) is 16.3 Å². The lowest BCUT2D eigenvalue weighted by Crippen LogP contribution is -2.15. The van der Waals surface area contributed by atoms with Crippen molar-refractivity contribution in [3.05, 3.63) is 47.8 Å². The predicted molar refractivity (Wildman–Crippen MR) is 81.5 cm³/mol. The normalized spacial score (nSPS) is 11.1. The molecule has 0 heterocycles. The monoisotopic (exact) mass is 325 g/mol. The number of sulfonamides is 1. The van der Waals surface area contributed by atoms with Crippen molar-refractivity contribution in [1.82, 2.24) is 0 Å². The minimum atomic E-state index is -3.95. The minimum absolute atomic E-state index is 0.00611. The number of aryl methyl sites for hydroxylation is 1. The minimum Gasteiger partial charge on any atom is -0.493 e. The Morgan fingerprint density at radius 2 is 1.64 bits per heavy atom. The van der Waals surface area contributed by atoms with E-state index in [9.17, 15) is 12.8 Å². The molecule has 7 heteroatoms. The molecule has 0 aliphatic carbocycles. The predicted octanol–water partition coefficient (Wildman–Crippen LogP) is 2.95. The van der Waals surface area contributed by atoms with E-state index in [0.29, 0.717) is 11.3 Å². The summed E-state index contributed by atoms with van der Waals surface area (Å²) in [5.74, 6) is 0.0519. The molecule has 0 saturated carbocycles. The number of nitrogens with one attached hydrogen (secondary N) is 1. The lowest BCUT2D eigenvalue weighted by atomic mass is 10.2. The Morgan fingerprint density at radius 3 is 2.23 bits per heavy atom. The van der Waals surface area contributed by atoms with Crippen molar-refractivity contribution < 1.29 is 22.3 Å². The standard InChI is InChI=1S/C15H16FNO4S/c1-10-8-13(20-2)14(21-3)9-15(10)22(18,19)17-12-7-5-4-6-11(12)16/h4-9,17H,1-3H3. The Labute approximate surface area is 128 Å². The number of hydrogen-bond donors (Lipinski definition) is 1. The van der Waals surface area contributed by atoms with Crippen molar-refractivity contribution in [2.24, 2.45) is 0 Å². The van der Waals surface area contributed by atoms with Crippen LogP contribution in [0.1, 0.15) is 5.56 Å². The van der Waals surface area contributed by atoms with Gasteiger partial charge in [0.05, 0.1) is 24.8 Å². The third kappa shape index (κ3) is 3.14. The summed E-state index contributed by atoms with van der Waals surface area (Å²) in [6, 6.07) is 8.45.